The highest BCUT2D eigenvalue weighted by molar-refractivity contribution is 5.93. The van der Waals surface area contributed by atoms with Crippen molar-refractivity contribution >= 4 is 11.9 Å². The van der Waals surface area contributed by atoms with Gasteiger partial charge in [0, 0.05) is 11.6 Å². The predicted octanol–water partition coefficient (Wildman–Crippen LogP) is 2.67. The van der Waals surface area contributed by atoms with Crippen molar-refractivity contribution in [3.8, 4) is 17.3 Å². The summed E-state index contributed by atoms with van der Waals surface area (Å²) in [5, 5.41) is 25.8. The van der Waals surface area contributed by atoms with Crippen LogP contribution in [0.25, 0.3) is 5.69 Å². The van der Waals surface area contributed by atoms with E-state index in [2.05, 4.69) is 10.4 Å². The third kappa shape index (κ3) is 4.34. The highest BCUT2D eigenvalue weighted by Gasteiger charge is 2.24. The summed E-state index contributed by atoms with van der Waals surface area (Å²) in [4.78, 5) is 24.0. The van der Waals surface area contributed by atoms with E-state index in [0.29, 0.717) is 11.3 Å². The number of aliphatic carboxylic acids is 1. The van der Waals surface area contributed by atoms with Crippen LogP contribution in [-0.4, -0.2) is 39.0 Å². The molecule has 1 heterocycles. The van der Waals surface area contributed by atoms with Gasteiger partial charge in [-0.2, -0.15) is 9.78 Å². The van der Waals surface area contributed by atoms with Gasteiger partial charge in [0.25, 0.3) is 5.91 Å². The number of benzene rings is 2. The van der Waals surface area contributed by atoms with Gasteiger partial charge in [-0.05, 0) is 18.2 Å². The maximum Gasteiger partial charge on any atom is 0.305 e. The van der Waals surface area contributed by atoms with Crippen LogP contribution in [0.5, 0.6) is 11.6 Å². The van der Waals surface area contributed by atoms with Crippen molar-refractivity contribution in [2.45, 2.75) is 12.5 Å². The average Bonchev–Trinajstić information content (AvgIpc) is 3.09. The minimum atomic E-state index is -1.12. The second-order valence-electron chi connectivity index (χ2n) is 6.12. The van der Waals surface area contributed by atoms with Crippen LogP contribution >= 0.6 is 0 Å². The standard InChI is InChI=1S/C20H18FN3O5/c1-29-17-9-5-2-6-12(17)14(11-19(26)27)22-20(28)15-10-18(25)24(23-15)16-8-4-3-7-13(16)21/h2-10,14,25H,11H2,1H3,(H,22,28)(H,26,27)/t14-/m0/s1. The van der Waals surface area contributed by atoms with E-state index in [-0.39, 0.29) is 11.4 Å². The number of nitrogens with zero attached hydrogens (tertiary/aromatic N) is 2. The topological polar surface area (TPSA) is 114 Å². The van der Waals surface area contributed by atoms with E-state index in [0.717, 1.165) is 10.7 Å². The van der Waals surface area contributed by atoms with Gasteiger partial charge in [-0.25, -0.2) is 4.39 Å². The Balaban J connectivity index is 1.90. The average molecular weight is 399 g/mol. The van der Waals surface area contributed by atoms with Crippen LogP contribution in [0, 0.1) is 5.82 Å². The van der Waals surface area contributed by atoms with Crippen LogP contribution in [-0.2, 0) is 4.79 Å². The van der Waals surface area contributed by atoms with E-state index in [1.807, 2.05) is 0 Å². The molecule has 1 atom stereocenters. The van der Waals surface area contributed by atoms with Gasteiger partial charge in [0.1, 0.15) is 17.3 Å². The van der Waals surface area contributed by atoms with Crippen molar-refractivity contribution in [3.05, 3.63) is 71.7 Å². The first-order chi connectivity index (χ1) is 13.9. The summed E-state index contributed by atoms with van der Waals surface area (Å²) < 4.78 is 20.1. The molecule has 150 valence electrons. The van der Waals surface area contributed by atoms with Gasteiger partial charge in [-0.15, -0.1) is 0 Å². The van der Waals surface area contributed by atoms with Gasteiger partial charge in [0.15, 0.2) is 5.69 Å². The van der Waals surface area contributed by atoms with Crippen molar-refractivity contribution in [1.82, 2.24) is 15.1 Å². The van der Waals surface area contributed by atoms with E-state index in [1.165, 1.54) is 25.3 Å². The smallest absolute Gasteiger partial charge is 0.305 e. The van der Waals surface area contributed by atoms with Crippen LogP contribution in [0.1, 0.15) is 28.5 Å². The lowest BCUT2D eigenvalue weighted by Crippen LogP contribution is -2.31. The van der Waals surface area contributed by atoms with Gasteiger partial charge in [0.05, 0.1) is 19.6 Å². The molecule has 29 heavy (non-hydrogen) atoms. The molecule has 0 saturated heterocycles. The number of hydrogen-bond donors (Lipinski definition) is 3. The molecule has 0 bridgehead atoms. The number of carboxylic acid groups (broad SMARTS) is 1. The second-order valence-corrected chi connectivity index (χ2v) is 6.12. The number of carboxylic acids is 1. The van der Waals surface area contributed by atoms with E-state index in [9.17, 15) is 24.2 Å². The lowest BCUT2D eigenvalue weighted by Gasteiger charge is -2.19. The summed E-state index contributed by atoms with van der Waals surface area (Å²) in [7, 11) is 1.44. The molecule has 0 radical (unpaired) electrons. The number of hydrogen-bond acceptors (Lipinski definition) is 5. The molecule has 0 aliphatic heterocycles. The SMILES string of the molecule is COc1ccccc1[C@H](CC(=O)O)NC(=O)c1cc(O)n(-c2ccccc2F)n1. The number of amides is 1. The number of halogens is 1. The van der Waals surface area contributed by atoms with Crippen LogP contribution in [0.2, 0.25) is 0 Å². The Morgan fingerprint density at radius 2 is 1.90 bits per heavy atom. The summed E-state index contributed by atoms with van der Waals surface area (Å²) >= 11 is 0. The summed E-state index contributed by atoms with van der Waals surface area (Å²) in [5.74, 6) is -2.50. The van der Waals surface area contributed by atoms with E-state index in [1.54, 1.807) is 30.3 Å². The first kappa shape index (κ1) is 19.9. The first-order valence-electron chi connectivity index (χ1n) is 8.60. The predicted molar refractivity (Wildman–Crippen MR) is 101 cm³/mol. The lowest BCUT2D eigenvalue weighted by atomic mass is 10.0. The number of methoxy groups -OCH3 is 1. The quantitative estimate of drug-likeness (QED) is 0.563. The zero-order chi connectivity index (χ0) is 21.0. The number of carbonyl (C=O) groups is 2. The Bertz CT molecular complexity index is 1050. The molecular weight excluding hydrogens is 381 g/mol. The van der Waals surface area contributed by atoms with Crippen LogP contribution < -0.4 is 10.1 Å². The molecule has 2 aromatic carbocycles. The van der Waals surface area contributed by atoms with Gasteiger partial charge < -0.3 is 20.3 Å². The molecule has 9 heteroatoms. The monoisotopic (exact) mass is 399 g/mol. The molecule has 1 aromatic heterocycles. The van der Waals surface area contributed by atoms with Crippen molar-refractivity contribution in [3.63, 3.8) is 0 Å². The Morgan fingerprint density at radius 1 is 1.21 bits per heavy atom. The van der Waals surface area contributed by atoms with E-state index < -0.39 is 36.0 Å². The molecule has 0 saturated carbocycles. The van der Waals surface area contributed by atoms with Crippen molar-refractivity contribution in [2.24, 2.45) is 0 Å². The normalized spacial score (nSPS) is 11.7. The molecule has 1 amide bonds. The number of nitrogens with one attached hydrogen (secondary N) is 1. The number of carbonyl (C=O) groups excluding carboxylic acids is 1. The summed E-state index contributed by atoms with van der Waals surface area (Å²) in [6.45, 7) is 0. The van der Waals surface area contributed by atoms with Crippen molar-refractivity contribution in [1.29, 1.82) is 0 Å². The second kappa shape index (κ2) is 8.42. The molecule has 8 nitrogen and oxygen atoms in total. The maximum atomic E-state index is 14.0. The molecule has 0 aliphatic carbocycles. The van der Waals surface area contributed by atoms with Gasteiger partial charge in [-0.3, -0.25) is 9.59 Å². The first-order valence-corrected chi connectivity index (χ1v) is 8.60. The number of ether oxygens (including phenoxy) is 1. The van der Waals surface area contributed by atoms with Gasteiger partial charge in [0.2, 0.25) is 5.88 Å². The number of aromatic hydroxyl groups is 1. The third-order valence-electron chi connectivity index (χ3n) is 4.20. The van der Waals surface area contributed by atoms with Gasteiger partial charge in [-0.1, -0.05) is 30.3 Å². The number of rotatable bonds is 7. The fraction of sp³-hybridized carbons (Fsp3) is 0.150. The molecule has 0 aliphatic rings. The fourth-order valence-electron chi connectivity index (χ4n) is 2.88. The van der Waals surface area contributed by atoms with Crippen LogP contribution in [0.4, 0.5) is 4.39 Å². The van der Waals surface area contributed by atoms with E-state index in [4.69, 9.17) is 4.74 Å². The minimum absolute atomic E-state index is 0.0316. The van der Waals surface area contributed by atoms with Crippen molar-refractivity contribution < 1.29 is 28.9 Å². The maximum absolute atomic E-state index is 14.0. The van der Waals surface area contributed by atoms with Crippen LogP contribution in [0.3, 0.4) is 0 Å². The molecule has 0 spiro atoms. The Kier molecular flexibility index (Phi) is 5.77. The van der Waals surface area contributed by atoms with Crippen molar-refractivity contribution in [2.75, 3.05) is 7.11 Å². The highest BCUT2D eigenvalue weighted by Crippen LogP contribution is 2.28. The zero-order valence-electron chi connectivity index (χ0n) is 15.4. The molecule has 0 unspecified atom stereocenters. The summed E-state index contributed by atoms with van der Waals surface area (Å²) in [6.07, 6.45) is -0.397. The third-order valence-corrected chi connectivity index (χ3v) is 4.20. The summed E-state index contributed by atoms with van der Waals surface area (Å²) in [5.41, 5.74) is 0.246. The van der Waals surface area contributed by atoms with Gasteiger partial charge >= 0.3 is 5.97 Å². The van der Waals surface area contributed by atoms with Crippen LogP contribution in [0.15, 0.2) is 54.6 Å². The molecule has 0 fully saturated rings. The summed E-state index contributed by atoms with van der Waals surface area (Å²) in [6, 6.07) is 12.5. The molecule has 3 N–H and O–H groups in total. The number of para-hydroxylation sites is 2. The Hall–Kier alpha value is -3.88. The largest absolute Gasteiger partial charge is 0.496 e. The zero-order valence-corrected chi connectivity index (χ0v) is 15.4. The molecular formula is C20H18FN3O5. The fourth-order valence-corrected chi connectivity index (χ4v) is 2.88. The molecule has 3 aromatic rings. The van der Waals surface area contributed by atoms with E-state index >= 15 is 0 Å². The minimum Gasteiger partial charge on any atom is -0.496 e. The Labute approximate surface area is 165 Å². The Morgan fingerprint density at radius 3 is 2.59 bits per heavy atom. The lowest BCUT2D eigenvalue weighted by molar-refractivity contribution is -0.137. The number of aromatic nitrogens is 2. The highest BCUT2D eigenvalue weighted by atomic mass is 19.1. The molecule has 3 rings (SSSR count).